The van der Waals surface area contributed by atoms with Gasteiger partial charge >= 0.3 is 0 Å². The van der Waals surface area contributed by atoms with Crippen LogP contribution in [0.1, 0.15) is 6.92 Å². The highest BCUT2D eigenvalue weighted by atomic mass is 16.5. The molecule has 0 aromatic rings. The van der Waals surface area contributed by atoms with E-state index in [2.05, 4.69) is 30.1 Å². The summed E-state index contributed by atoms with van der Waals surface area (Å²) in [6, 6.07) is 0. The Balaban J connectivity index is 4.22. The number of hydrogen-bond acceptors (Lipinski definition) is 6. The Morgan fingerprint density at radius 3 is 1.26 bits per heavy atom. The van der Waals surface area contributed by atoms with Crippen LogP contribution in [0.15, 0.2) is 15.3 Å². The van der Waals surface area contributed by atoms with Gasteiger partial charge in [0, 0.05) is 39.8 Å². The average Bonchev–Trinajstić information content (AvgIpc) is 2.54. The molecule has 0 unspecified atom stereocenters. The Kier molecular flexibility index (Phi) is 13.3. The molecule has 0 saturated carbocycles. The highest BCUT2D eigenvalue weighted by Gasteiger charge is 2.25. The summed E-state index contributed by atoms with van der Waals surface area (Å²) in [4.78, 5) is 7.93. The van der Waals surface area contributed by atoms with E-state index in [1.165, 1.54) is 0 Å². The van der Waals surface area contributed by atoms with Crippen molar-refractivity contribution >= 4 is 0 Å². The summed E-state index contributed by atoms with van der Waals surface area (Å²) in [6.07, 6.45) is 0. The summed E-state index contributed by atoms with van der Waals surface area (Å²) in [5.41, 5.74) is 24.2. The van der Waals surface area contributed by atoms with E-state index in [1.54, 1.807) is 0 Å². The smallest absolute Gasteiger partial charge is 0.0564 e. The first-order valence-corrected chi connectivity index (χ1v) is 6.94. The lowest BCUT2D eigenvalue weighted by Gasteiger charge is -2.28. The van der Waals surface area contributed by atoms with Crippen molar-refractivity contribution in [3.63, 3.8) is 0 Å². The van der Waals surface area contributed by atoms with Crippen molar-refractivity contribution in [1.29, 1.82) is 0 Å². The van der Waals surface area contributed by atoms with Gasteiger partial charge in [0.2, 0.25) is 0 Å². The summed E-state index contributed by atoms with van der Waals surface area (Å²) >= 11 is 0. The summed E-state index contributed by atoms with van der Waals surface area (Å²) in [6.45, 7) is 4.62. The van der Waals surface area contributed by atoms with Crippen molar-refractivity contribution in [3.8, 4) is 0 Å². The highest BCUT2D eigenvalue weighted by molar-refractivity contribution is 4.74. The molecular weight excluding hydrogens is 306 g/mol. The summed E-state index contributed by atoms with van der Waals surface area (Å²) in [5.74, 6) is 0. The minimum absolute atomic E-state index is 0.252. The Labute approximate surface area is 133 Å². The minimum atomic E-state index is -0.428. The van der Waals surface area contributed by atoms with Crippen LogP contribution in [0.2, 0.25) is 0 Å². The molecule has 0 spiro atoms. The van der Waals surface area contributed by atoms with Crippen LogP contribution in [0.25, 0.3) is 31.3 Å². The van der Waals surface area contributed by atoms with Gasteiger partial charge < -0.3 is 14.2 Å². The fraction of sp³-hybridized carbons (Fsp3) is 1.00. The first-order valence-electron chi connectivity index (χ1n) is 6.94. The zero-order chi connectivity index (χ0) is 17.2. The molecule has 0 atom stereocenters. The van der Waals surface area contributed by atoms with Crippen LogP contribution in [0.4, 0.5) is 0 Å². The average molecular weight is 327 g/mol. The van der Waals surface area contributed by atoms with Crippen LogP contribution in [0, 0.1) is 5.41 Å². The predicted octanol–water partition coefficient (Wildman–Crippen LogP) is 2.97. The molecule has 0 rings (SSSR count). The molecule has 0 bridgehead atoms. The monoisotopic (exact) mass is 327 g/mol. The first-order chi connectivity index (χ1) is 11.2. The SMILES string of the molecule is CC(COCCN=[N+]=[N-])(COCCN=[N+]=[N-])COCCN=[N+]=[N-]. The van der Waals surface area contributed by atoms with Gasteiger partial charge in [0.05, 0.1) is 39.6 Å². The highest BCUT2D eigenvalue weighted by Crippen LogP contribution is 2.18. The molecule has 0 aromatic heterocycles. The van der Waals surface area contributed by atoms with Crippen LogP contribution in [0.3, 0.4) is 0 Å². The normalized spacial score (nSPS) is 12.4. The van der Waals surface area contributed by atoms with E-state index in [4.69, 9.17) is 30.8 Å². The van der Waals surface area contributed by atoms with Gasteiger partial charge in [-0.25, -0.2) is 0 Å². The van der Waals surface area contributed by atoms with Gasteiger partial charge in [-0.1, -0.05) is 22.3 Å². The largest absolute Gasteiger partial charge is 0.381 e. The van der Waals surface area contributed by atoms with E-state index in [0.717, 1.165) is 0 Å². The third-order valence-electron chi connectivity index (χ3n) is 2.55. The van der Waals surface area contributed by atoms with E-state index in [9.17, 15) is 0 Å². The zero-order valence-electron chi connectivity index (χ0n) is 13.1. The minimum Gasteiger partial charge on any atom is -0.381 e. The van der Waals surface area contributed by atoms with Crippen molar-refractivity contribution in [1.82, 2.24) is 0 Å². The number of rotatable bonds is 15. The van der Waals surface area contributed by atoms with Gasteiger partial charge in [0.1, 0.15) is 0 Å². The standard InChI is InChI=1S/C11H21N9O3/c1-11(8-21-5-2-15-18-12,9-22-6-3-16-19-13)10-23-7-4-17-20-14/h2-10H2,1H3. The molecule has 0 radical (unpaired) electrons. The van der Waals surface area contributed by atoms with Crippen LogP contribution >= 0.6 is 0 Å². The summed E-state index contributed by atoms with van der Waals surface area (Å²) in [5, 5.41) is 10.1. The molecular formula is C11H21N9O3. The molecule has 12 heteroatoms. The molecule has 0 heterocycles. The molecule has 0 aliphatic rings. The van der Waals surface area contributed by atoms with Gasteiger partial charge in [-0.05, 0) is 16.6 Å². The van der Waals surface area contributed by atoms with Gasteiger partial charge in [-0.3, -0.25) is 0 Å². The van der Waals surface area contributed by atoms with Gasteiger partial charge in [-0.15, -0.1) is 0 Å². The number of azide groups is 3. The molecule has 23 heavy (non-hydrogen) atoms. The van der Waals surface area contributed by atoms with E-state index in [-0.39, 0.29) is 19.6 Å². The van der Waals surface area contributed by atoms with Crippen molar-refractivity contribution < 1.29 is 14.2 Å². The quantitative estimate of drug-likeness (QED) is 0.195. The Morgan fingerprint density at radius 1 is 0.696 bits per heavy atom. The van der Waals surface area contributed by atoms with Gasteiger partial charge in [-0.2, -0.15) is 0 Å². The molecule has 0 aromatic carbocycles. The third kappa shape index (κ3) is 13.2. The van der Waals surface area contributed by atoms with E-state index in [0.29, 0.717) is 39.6 Å². The molecule has 0 fully saturated rings. The molecule has 0 aliphatic carbocycles. The van der Waals surface area contributed by atoms with Gasteiger partial charge in [0.15, 0.2) is 0 Å². The second-order valence-electron chi connectivity index (χ2n) is 4.83. The molecule has 0 amide bonds. The Bertz CT molecular complexity index is 389. The van der Waals surface area contributed by atoms with Crippen molar-refractivity contribution in [2.24, 2.45) is 20.8 Å². The lowest BCUT2D eigenvalue weighted by Crippen LogP contribution is -2.35. The molecule has 0 aliphatic heterocycles. The van der Waals surface area contributed by atoms with Crippen LogP contribution in [-0.4, -0.2) is 59.3 Å². The second kappa shape index (κ2) is 14.7. The van der Waals surface area contributed by atoms with Gasteiger partial charge in [0.25, 0.3) is 0 Å². The lowest BCUT2D eigenvalue weighted by molar-refractivity contribution is -0.0562. The maximum atomic E-state index is 8.19. The third-order valence-corrected chi connectivity index (χ3v) is 2.55. The first kappa shape index (κ1) is 20.8. The maximum absolute atomic E-state index is 8.19. The van der Waals surface area contributed by atoms with E-state index >= 15 is 0 Å². The molecule has 12 nitrogen and oxygen atoms in total. The topological polar surface area (TPSA) is 174 Å². The summed E-state index contributed by atoms with van der Waals surface area (Å²) in [7, 11) is 0. The van der Waals surface area contributed by atoms with Crippen molar-refractivity contribution in [2.45, 2.75) is 6.92 Å². The molecule has 0 N–H and O–H groups in total. The fourth-order valence-electron chi connectivity index (χ4n) is 1.53. The number of nitrogens with zero attached hydrogens (tertiary/aromatic N) is 9. The van der Waals surface area contributed by atoms with E-state index in [1.807, 2.05) is 6.92 Å². The number of ether oxygens (including phenoxy) is 3. The van der Waals surface area contributed by atoms with Crippen LogP contribution in [0.5, 0.6) is 0 Å². The van der Waals surface area contributed by atoms with Crippen molar-refractivity contribution in [2.75, 3.05) is 59.3 Å². The lowest BCUT2D eigenvalue weighted by atomic mass is 9.94. The van der Waals surface area contributed by atoms with Crippen LogP contribution in [-0.2, 0) is 14.2 Å². The predicted molar refractivity (Wildman–Crippen MR) is 82.6 cm³/mol. The molecule has 128 valence electrons. The fourth-order valence-corrected chi connectivity index (χ4v) is 1.53. The van der Waals surface area contributed by atoms with Crippen molar-refractivity contribution in [3.05, 3.63) is 31.3 Å². The zero-order valence-corrected chi connectivity index (χ0v) is 13.1. The Morgan fingerprint density at radius 2 is 1.00 bits per heavy atom. The van der Waals surface area contributed by atoms with E-state index < -0.39 is 5.41 Å². The summed E-state index contributed by atoms with van der Waals surface area (Å²) < 4.78 is 16.4. The number of hydrogen-bond donors (Lipinski definition) is 0. The molecule has 0 saturated heterocycles. The van der Waals surface area contributed by atoms with Crippen LogP contribution < -0.4 is 0 Å². The maximum Gasteiger partial charge on any atom is 0.0564 e. The Hall–Kier alpha value is -2.19. The second-order valence-corrected chi connectivity index (χ2v) is 4.83.